The zero-order valence-corrected chi connectivity index (χ0v) is 19.0. The van der Waals surface area contributed by atoms with Crippen LogP contribution in [0.1, 0.15) is 53.8 Å². The van der Waals surface area contributed by atoms with Gasteiger partial charge in [0.05, 0.1) is 34.8 Å². The quantitative estimate of drug-likeness (QED) is 0.453. The lowest BCUT2D eigenvalue weighted by atomic mass is 9.97. The number of hydrogen-bond acceptors (Lipinski definition) is 6. The summed E-state index contributed by atoms with van der Waals surface area (Å²) in [6, 6.07) is 1.72. The van der Waals surface area contributed by atoms with Gasteiger partial charge in [0.15, 0.2) is 0 Å². The third-order valence-electron chi connectivity index (χ3n) is 4.47. The Kier molecular flexibility index (Phi) is 4.49. The minimum Gasteiger partial charge on any atom is -0.494 e. The molecule has 0 saturated heterocycles. The van der Waals surface area contributed by atoms with E-state index in [0.29, 0.717) is 0 Å². The lowest BCUT2D eigenvalue weighted by molar-refractivity contribution is 0.0982. The molecule has 0 radical (unpaired) electrons. The number of carbonyl (C=O) groups is 1. The van der Waals surface area contributed by atoms with Gasteiger partial charge in [0.25, 0.3) is 5.91 Å². The molecule has 174 valence electrons. The molecule has 1 heterocycles. The van der Waals surface area contributed by atoms with Crippen LogP contribution in [0.3, 0.4) is 0 Å². The van der Waals surface area contributed by atoms with E-state index in [1.54, 1.807) is 0 Å². The number of amides is 1. The maximum absolute atomic E-state index is 13.3. The van der Waals surface area contributed by atoms with Crippen molar-refractivity contribution in [1.29, 1.82) is 0 Å². The summed E-state index contributed by atoms with van der Waals surface area (Å²) in [5.41, 5.74) is -1.33. The van der Waals surface area contributed by atoms with Crippen molar-refractivity contribution in [2.24, 2.45) is 0 Å². The lowest BCUT2D eigenvalue weighted by Gasteiger charge is -2.15. The van der Waals surface area contributed by atoms with Gasteiger partial charge in [-0.05, 0) is 42.6 Å². The number of nitrogens with zero attached hydrogens (tertiary/aromatic N) is 1. The molecule has 0 unspecified atom stereocenters. The van der Waals surface area contributed by atoms with Gasteiger partial charge in [-0.1, -0.05) is 53.5 Å². The minimum atomic E-state index is -4.69. The van der Waals surface area contributed by atoms with Crippen LogP contribution >= 0.6 is 11.6 Å². The van der Waals surface area contributed by atoms with Crippen LogP contribution in [0.2, 0.25) is 5.15 Å². The number of hydrogen-bond donors (Lipinski definition) is 1. The van der Waals surface area contributed by atoms with E-state index in [1.807, 2.05) is 4.72 Å². The number of rotatable bonds is 8. The Morgan fingerprint density at radius 2 is 2.00 bits per heavy atom. The average Bonchev–Trinajstić information content (AvgIpc) is 2.88. The third-order valence-corrected chi connectivity index (χ3v) is 5.84. The van der Waals surface area contributed by atoms with Crippen LogP contribution in [0, 0.1) is 6.85 Å². The highest BCUT2D eigenvalue weighted by Gasteiger charge is 2.22. The van der Waals surface area contributed by atoms with Crippen molar-refractivity contribution in [2.75, 3.05) is 14.1 Å². The Morgan fingerprint density at radius 1 is 1.24 bits per heavy atom. The normalized spacial score (nSPS) is 17.4. The van der Waals surface area contributed by atoms with E-state index >= 15 is 0 Å². The monoisotopic (exact) mass is 498 g/mol. The molecule has 9 heteroatoms. The summed E-state index contributed by atoms with van der Waals surface area (Å²) >= 11 is 6.02. The van der Waals surface area contributed by atoms with Crippen molar-refractivity contribution >= 4 is 27.5 Å². The maximum atomic E-state index is 13.3. The first-order chi connectivity index (χ1) is 19.7. The molecule has 0 spiro atoms. The average molecular weight is 499 g/mol. The zero-order valence-electron chi connectivity index (χ0n) is 27.4. The van der Waals surface area contributed by atoms with Crippen molar-refractivity contribution in [3.05, 3.63) is 82.0 Å². The van der Waals surface area contributed by atoms with Crippen LogP contribution in [0.15, 0.2) is 54.6 Å². The molecule has 1 N–H and O–H groups in total. The first-order valence-corrected chi connectivity index (χ1v) is 11.4. The van der Waals surface area contributed by atoms with E-state index < -0.39 is 71.4 Å². The lowest BCUT2D eigenvalue weighted by Crippen LogP contribution is -2.32. The predicted molar refractivity (Wildman–Crippen MR) is 128 cm³/mol. The number of nitrogens with one attached hydrogen (secondary N) is 1. The summed E-state index contributed by atoms with van der Waals surface area (Å²) in [7, 11) is -6.30. The van der Waals surface area contributed by atoms with E-state index in [4.69, 9.17) is 34.8 Å². The summed E-state index contributed by atoms with van der Waals surface area (Å²) in [4.78, 5) is 17.2. The number of carbonyl (C=O) groups excluding carboxylic acids is 1. The molecule has 1 amide bonds. The molecule has 1 atom stereocenters. The highest BCUT2D eigenvalue weighted by atomic mass is 35.5. The third kappa shape index (κ3) is 6.10. The Morgan fingerprint density at radius 3 is 2.67 bits per heavy atom. The van der Waals surface area contributed by atoms with Gasteiger partial charge < -0.3 is 9.47 Å². The maximum Gasteiger partial charge on any atom is 0.265 e. The standard InChI is InChI=1S/C24H25ClN2O5S/c1-15-5-10-19(20(11-15)21-12-23(25)26-13-22(21)32-4)24(28)27-33(29,30)14-17-6-8-18(9-7-17)16(2)31-3/h5-13,16H,14H2,1-4H3,(H,27,28)/t16-/m0/s1/i1D3,3D3,6D,7D,8D,9D. The fourth-order valence-electron chi connectivity index (χ4n) is 2.86. The number of benzene rings is 2. The van der Waals surface area contributed by atoms with Crippen LogP contribution in [0.5, 0.6) is 5.75 Å². The first-order valence-electron chi connectivity index (χ1n) is 14.3. The number of pyridine rings is 1. The van der Waals surface area contributed by atoms with Gasteiger partial charge in [-0.15, -0.1) is 0 Å². The van der Waals surface area contributed by atoms with Crippen LogP contribution in [0.25, 0.3) is 11.1 Å². The SMILES string of the molecule is [2H]c1c([2H])c([C@H](C)OC([2H])([2H])[2H])c([2H])c([2H])c1CS(=O)(=O)NC(=O)c1ccc(C([2H])([2H])[2H])cc1-c1cc(Cl)ncc1OC. The number of aromatic nitrogens is 1. The molecular weight excluding hydrogens is 464 g/mol. The fraction of sp³-hybridized carbons (Fsp3) is 0.250. The largest absolute Gasteiger partial charge is 0.494 e. The van der Waals surface area contributed by atoms with Gasteiger partial charge >= 0.3 is 0 Å². The molecule has 0 aliphatic heterocycles. The second-order valence-corrected chi connectivity index (χ2v) is 8.92. The fourth-order valence-corrected chi connectivity index (χ4v) is 4.01. The molecule has 7 nitrogen and oxygen atoms in total. The van der Waals surface area contributed by atoms with Gasteiger partial charge in [-0.3, -0.25) is 4.79 Å². The van der Waals surface area contributed by atoms with Gasteiger partial charge in [-0.2, -0.15) is 0 Å². The van der Waals surface area contributed by atoms with Gasteiger partial charge in [0.2, 0.25) is 10.0 Å². The van der Waals surface area contributed by atoms with Crippen LogP contribution in [0.4, 0.5) is 0 Å². The van der Waals surface area contributed by atoms with E-state index in [2.05, 4.69) is 4.98 Å². The first kappa shape index (κ1) is 14.3. The number of halogens is 1. The van der Waals surface area contributed by atoms with Crippen LogP contribution < -0.4 is 9.46 Å². The van der Waals surface area contributed by atoms with Crippen molar-refractivity contribution in [2.45, 2.75) is 25.6 Å². The van der Waals surface area contributed by atoms with Crippen LogP contribution in [-0.2, 0) is 20.5 Å². The summed E-state index contributed by atoms with van der Waals surface area (Å²) in [6.45, 7) is -1.37. The summed E-state index contributed by atoms with van der Waals surface area (Å²) < 4.78 is 116. The zero-order chi connectivity index (χ0) is 32.7. The molecule has 3 rings (SSSR count). The highest BCUT2D eigenvalue weighted by molar-refractivity contribution is 7.89. The number of sulfonamides is 1. The topological polar surface area (TPSA) is 94.6 Å². The van der Waals surface area contributed by atoms with Crippen LogP contribution in [-0.4, -0.2) is 33.5 Å². The number of aryl methyl sites for hydroxylation is 1. The Bertz CT molecular complexity index is 1650. The number of ether oxygens (including phenoxy) is 2. The highest BCUT2D eigenvalue weighted by Crippen LogP contribution is 2.34. The second kappa shape index (κ2) is 10.3. The van der Waals surface area contributed by atoms with Gasteiger partial charge in [0, 0.05) is 22.3 Å². The summed E-state index contributed by atoms with van der Waals surface area (Å²) in [6.07, 6.45) is -0.158. The molecule has 2 aromatic carbocycles. The van der Waals surface area contributed by atoms with Crippen molar-refractivity contribution in [1.82, 2.24) is 9.71 Å². The molecule has 3 aromatic rings. The van der Waals surface area contributed by atoms with Gasteiger partial charge in [-0.25, -0.2) is 18.1 Å². The molecular formula is C24H25ClN2O5S. The predicted octanol–water partition coefficient (Wildman–Crippen LogP) is 4.69. The molecule has 1 aromatic heterocycles. The second-order valence-electron chi connectivity index (χ2n) is 6.81. The molecule has 0 aliphatic rings. The molecule has 0 saturated carbocycles. The summed E-state index contributed by atoms with van der Waals surface area (Å²) in [5.74, 6) is -2.26. The van der Waals surface area contributed by atoms with Crippen molar-refractivity contribution in [3.63, 3.8) is 0 Å². The van der Waals surface area contributed by atoms with E-state index in [9.17, 15) is 13.2 Å². The molecule has 0 aliphatic carbocycles. The Balaban J connectivity index is 2.05. The Labute approximate surface area is 212 Å². The van der Waals surface area contributed by atoms with Crippen molar-refractivity contribution < 1.29 is 36.4 Å². The van der Waals surface area contributed by atoms with E-state index in [1.165, 1.54) is 26.3 Å². The number of methoxy groups -OCH3 is 2. The summed E-state index contributed by atoms with van der Waals surface area (Å²) in [5, 5.41) is -0.0283. The smallest absolute Gasteiger partial charge is 0.265 e. The van der Waals surface area contributed by atoms with Crippen molar-refractivity contribution in [3.8, 4) is 16.9 Å². The van der Waals surface area contributed by atoms with E-state index in [0.717, 1.165) is 18.2 Å². The minimum absolute atomic E-state index is 0.0283. The molecule has 0 fully saturated rings. The molecule has 0 bridgehead atoms. The van der Waals surface area contributed by atoms with Gasteiger partial charge in [0.1, 0.15) is 10.9 Å². The Hall–Kier alpha value is -2.94. The molecule has 33 heavy (non-hydrogen) atoms. The van der Waals surface area contributed by atoms with E-state index in [-0.39, 0.29) is 38.7 Å².